The fraction of sp³-hybridized carbons (Fsp3) is 0.600. The Balaban J connectivity index is 0.000000344. The quantitative estimate of drug-likeness (QED) is 0.201. The van der Waals surface area contributed by atoms with Crippen molar-refractivity contribution in [3.63, 3.8) is 0 Å². The number of anilines is 1. The highest BCUT2D eigenvalue weighted by atomic mass is 32.2. The molecule has 1 fully saturated rings. The van der Waals surface area contributed by atoms with Crippen molar-refractivity contribution < 1.29 is 43.7 Å². The van der Waals surface area contributed by atoms with E-state index in [-0.39, 0.29) is 11.5 Å². The number of phosphoric ester groups is 1. The zero-order valence-electron chi connectivity index (χ0n) is 16.8. The van der Waals surface area contributed by atoms with Gasteiger partial charge >= 0.3 is 13.8 Å². The van der Waals surface area contributed by atoms with E-state index < -0.39 is 51.0 Å². The highest BCUT2D eigenvalue weighted by Gasteiger charge is 2.45. The summed E-state index contributed by atoms with van der Waals surface area (Å²) < 4.78 is 21.8. The van der Waals surface area contributed by atoms with Crippen LogP contribution in [-0.2, 0) is 18.6 Å². The Morgan fingerprint density at radius 1 is 1.34 bits per heavy atom. The van der Waals surface area contributed by atoms with Crippen molar-refractivity contribution >= 4 is 42.5 Å². The first-order chi connectivity index (χ1) is 15.0. The molecule has 2 aromatic heterocycles. The molecule has 0 aliphatic carbocycles. The van der Waals surface area contributed by atoms with Gasteiger partial charge in [-0.15, -0.1) is 0 Å². The molecule has 2 aromatic rings. The number of carboxylic acid groups (broad SMARTS) is 1. The molecule has 1 aliphatic heterocycles. The molecule has 3 heterocycles. The number of ether oxygens (including phenoxy) is 1. The van der Waals surface area contributed by atoms with E-state index >= 15 is 0 Å². The number of hydrogen-bond acceptors (Lipinski definition) is 12. The lowest BCUT2D eigenvalue weighted by atomic mass is 10.1. The van der Waals surface area contributed by atoms with Crippen LogP contribution in [0.3, 0.4) is 0 Å². The summed E-state index contributed by atoms with van der Waals surface area (Å²) in [5, 5.41) is 28.3. The summed E-state index contributed by atoms with van der Waals surface area (Å²) in [6.45, 7) is -0.594. The van der Waals surface area contributed by atoms with E-state index in [0.717, 1.165) is 5.75 Å². The van der Waals surface area contributed by atoms with Gasteiger partial charge in [0.1, 0.15) is 36.2 Å². The average molecular weight is 496 g/mol. The number of aliphatic hydroxyl groups excluding tert-OH is 2. The van der Waals surface area contributed by atoms with Crippen LogP contribution >= 0.6 is 19.6 Å². The summed E-state index contributed by atoms with van der Waals surface area (Å²) in [5.41, 5.74) is 11.4. The zero-order valence-corrected chi connectivity index (χ0v) is 18.5. The predicted molar refractivity (Wildman–Crippen MR) is 112 cm³/mol. The Hall–Kier alpha value is -1.88. The maximum absolute atomic E-state index is 10.7. The molecule has 0 radical (unpaired) electrons. The number of imidazole rings is 1. The molecule has 0 aromatic carbocycles. The first kappa shape index (κ1) is 26.4. The zero-order chi connectivity index (χ0) is 24.1. The van der Waals surface area contributed by atoms with E-state index in [1.807, 2.05) is 6.26 Å². The van der Waals surface area contributed by atoms with Crippen LogP contribution < -0.4 is 11.5 Å². The van der Waals surface area contributed by atoms with Gasteiger partial charge in [0.25, 0.3) is 0 Å². The van der Waals surface area contributed by atoms with Gasteiger partial charge in [0.15, 0.2) is 17.7 Å². The number of carboxylic acids is 1. The molecule has 1 saturated heterocycles. The van der Waals surface area contributed by atoms with Crippen LogP contribution in [0.5, 0.6) is 0 Å². The topological polar surface area (TPSA) is 249 Å². The first-order valence-electron chi connectivity index (χ1n) is 9.08. The Kier molecular flexibility index (Phi) is 9.32. The molecule has 5 atom stereocenters. The van der Waals surface area contributed by atoms with Crippen LogP contribution in [-0.4, -0.2) is 93.6 Å². The summed E-state index contributed by atoms with van der Waals surface area (Å²) >= 11 is 1.60. The minimum Gasteiger partial charge on any atom is -0.480 e. The maximum atomic E-state index is 10.7. The molecule has 9 N–H and O–H groups in total. The molecule has 0 amide bonds. The van der Waals surface area contributed by atoms with Crippen molar-refractivity contribution in [3.8, 4) is 0 Å². The third-order valence-electron chi connectivity index (χ3n) is 4.36. The minimum atomic E-state index is -4.72. The van der Waals surface area contributed by atoms with Gasteiger partial charge in [-0.3, -0.25) is 13.9 Å². The number of aromatic nitrogens is 4. The van der Waals surface area contributed by atoms with E-state index in [9.17, 15) is 19.6 Å². The Bertz CT molecular complexity index is 959. The summed E-state index contributed by atoms with van der Waals surface area (Å²) in [6.07, 6.45) is -0.0126. The molecule has 1 unspecified atom stereocenters. The summed E-state index contributed by atoms with van der Waals surface area (Å²) in [4.78, 5) is 39.3. The van der Waals surface area contributed by atoms with Gasteiger partial charge in [0, 0.05) is 0 Å². The average Bonchev–Trinajstić information content (AvgIpc) is 3.27. The second-order valence-corrected chi connectivity index (χ2v) is 8.87. The minimum absolute atomic E-state index is 0.142. The number of phosphoric acid groups is 1. The molecule has 0 saturated carbocycles. The molecule has 17 heteroatoms. The van der Waals surface area contributed by atoms with E-state index in [0.29, 0.717) is 11.9 Å². The molecular weight excluding hydrogens is 471 g/mol. The fourth-order valence-electron chi connectivity index (χ4n) is 2.69. The SMILES string of the molecule is CSCCC(N)C(=O)O.Nc1ncnc2c1ncn2[C@@H]1O[C@H](COP(=O)(O)O)[C@@H](O)[C@H]1O. The number of thioether (sulfide) groups is 1. The highest BCUT2D eigenvalue weighted by molar-refractivity contribution is 7.98. The molecule has 1 aliphatic rings. The Morgan fingerprint density at radius 3 is 2.62 bits per heavy atom. The number of fused-ring (bicyclic) bond motifs is 1. The van der Waals surface area contributed by atoms with Crippen LogP contribution in [0.1, 0.15) is 12.6 Å². The van der Waals surface area contributed by atoms with Crippen molar-refractivity contribution in [2.24, 2.45) is 5.73 Å². The van der Waals surface area contributed by atoms with E-state index in [1.54, 1.807) is 11.8 Å². The lowest BCUT2D eigenvalue weighted by molar-refractivity contribution is -0.138. The standard InChI is InChI=1S/C10H14N5O7P.C5H11NO2S/c11-8-5-9(13-2-12-8)15(3-14-5)10-7(17)6(16)4(22-10)1-21-23(18,19)20;1-9-3-2-4(6)5(7)8/h2-4,6-7,10,16-17H,1H2,(H2,11,12,13)(H2,18,19,20);4H,2-3,6H2,1H3,(H,7,8)/t4-,6-,7-,10-;/m1./s1. The summed E-state index contributed by atoms with van der Waals surface area (Å²) in [6, 6.07) is -0.683. The molecule has 0 spiro atoms. The van der Waals surface area contributed by atoms with Crippen molar-refractivity contribution in [3.05, 3.63) is 12.7 Å². The first-order valence-corrected chi connectivity index (χ1v) is 12.0. The molecular formula is C15H25N6O9PS. The molecule has 0 bridgehead atoms. The number of nitrogens with two attached hydrogens (primary N) is 2. The monoisotopic (exact) mass is 496 g/mol. The third-order valence-corrected chi connectivity index (χ3v) is 5.48. The van der Waals surface area contributed by atoms with Crippen LogP contribution in [0.2, 0.25) is 0 Å². The number of aliphatic carboxylic acids is 1. The van der Waals surface area contributed by atoms with Crippen LogP contribution in [0, 0.1) is 0 Å². The summed E-state index contributed by atoms with van der Waals surface area (Å²) in [5.74, 6) is 0.0419. The maximum Gasteiger partial charge on any atom is 0.469 e. The van der Waals surface area contributed by atoms with Gasteiger partial charge in [0.05, 0.1) is 12.9 Å². The van der Waals surface area contributed by atoms with Gasteiger partial charge < -0.3 is 41.3 Å². The normalized spacial score (nSPS) is 24.2. The van der Waals surface area contributed by atoms with E-state index in [1.165, 1.54) is 17.2 Å². The lowest BCUT2D eigenvalue weighted by Crippen LogP contribution is -2.33. The van der Waals surface area contributed by atoms with Crippen molar-refractivity contribution in [1.29, 1.82) is 0 Å². The molecule has 180 valence electrons. The predicted octanol–water partition coefficient (Wildman–Crippen LogP) is -1.71. The number of nitrogen functional groups attached to an aromatic ring is 1. The van der Waals surface area contributed by atoms with Crippen LogP contribution in [0.15, 0.2) is 12.7 Å². The lowest BCUT2D eigenvalue weighted by Gasteiger charge is -2.16. The highest BCUT2D eigenvalue weighted by Crippen LogP contribution is 2.38. The summed E-state index contributed by atoms with van der Waals surface area (Å²) in [7, 11) is -4.72. The molecule has 15 nitrogen and oxygen atoms in total. The number of hydrogen-bond donors (Lipinski definition) is 7. The molecule has 3 rings (SSSR count). The van der Waals surface area contributed by atoms with Gasteiger partial charge in [-0.25, -0.2) is 19.5 Å². The second-order valence-electron chi connectivity index (χ2n) is 6.64. The van der Waals surface area contributed by atoms with Gasteiger partial charge in [-0.05, 0) is 18.4 Å². The van der Waals surface area contributed by atoms with Crippen LogP contribution in [0.25, 0.3) is 11.2 Å². The number of rotatable bonds is 8. The third kappa shape index (κ3) is 6.81. The number of nitrogens with zero attached hydrogens (tertiary/aromatic N) is 4. The molecule has 32 heavy (non-hydrogen) atoms. The van der Waals surface area contributed by atoms with Crippen molar-refractivity contribution in [1.82, 2.24) is 19.5 Å². The number of carbonyl (C=O) groups is 1. The van der Waals surface area contributed by atoms with Gasteiger partial charge in [0.2, 0.25) is 0 Å². The van der Waals surface area contributed by atoms with Gasteiger partial charge in [-0.2, -0.15) is 11.8 Å². The Morgan fingerprint density at radius 2 is 2.03 bits per heavy atom. The fourth-order valence-corrected chi connectivity index (χ4v) is 3.52. The van der Waals surface area contributed by atoms with Crippen molar-refractivity contribution in [2.75, 3.05) is 24.3 Å². The van der Waals surface area contributed by atoms with Crippen molar-refractivity contribution in [2.45, 2.75) is 37.0 Å². The number of aliphatic hydroxyl groups is 2. The largest absolute Gasteiger partial charge is 0.480 e. The van der Waals surface area contributed by atoms with E-state index in [4.69, 9.17) is 31.1 Å². The van der Waals surface area contributed by atoms with Crippen LogP contribution in [0.4, 0.5) is 5.82 Å². The Labute approximate surface area is 186 Å². The van der Waals surface area contributed by atoms with Gasteiger partial charge in [-0.1, -0.05) is 0 Å². The second kappa shape index (κ2) is 11.3. The van der Waals surface area contributed by atoms with E-state index in [2.05, 4.69) is 19.5 Å². The smallest absolute Gasteiger partial charge is 0.469 e.